The van der Waals surface area contributed by atoms with E-state index in [0.717, 1.165) is 17.9 Å². The van der Waals surface area contributed by atoms with Crippen LogP contribution in [0.3, 0.4) is 0 Å². The molecule has 68 valence electrons. The SMILES string of the molecule is O=C1C=C(NCc2ccco2)CC1. The summed E-state index contributed by atoms with van der Waals surface area (Å²) < 4.78 is 5.15. The van der Waals surface area contributed by atoms with Gasteiger partial charge in [-0.05, 0) is 18.6 Å². The van der Waals surface area contributed by atoms with Gasteiger partial charge in [-0.2, -0.15) is 0 Å². The van der Waals surface area contributed by atoms with E-state index in [-0.39, 0.29) is 5.78 Å². The second-order valence-electron chi connectivity index (χ2n) is 3.07. The summed E-state index contributed by atoms with van der Waals surface area (Å²) in [5.74, 6) is 1.10. The van der Waals surface area contributed by atoms with E-state index in [0.29, 0.717) is 13.0 Å². The van der Waals surface area contributed by atoms with E-state index < -0.39 is 0 Å². The molecule has 0 atom stereocenters. The van der Waals surface area contributed by atoms with Crippen LogP contribution < -0.4 is 5.32 Å². The average molecular weight is 177 g/mol. The smallest absolute Gasteiger partial charge is 0.157 e. The Bertz CT molecular complexity index is 325. The Balaban J connectivity index is 1.87. The molecule has 0 aliphatic heterocycles. The maximum absolute atomic E-state index is 10.9. The summed E-state index contributed by atoms with van der Waals surface area (Å²) in [5.41, 5.74) is 1.02. The summed E-state index contributed by atoms with van der Waals surface area (Å²) in [6, 6.07) is 3.76. The lowest BCUT2D eigenvalue weighted by Crippen LogP contribution is -2.10. The fourth-order valence-electron chi connectivity index (χ4n) is 1.35. The molecule has 1 N–H and O–H groups in total. The molecule has 3 heteroatoms. The number of rotatable bonds is 3. The minimum Gasteiger partial charge on any atom is -0.467 e. The number of hydrogen-bond acceptors (Lipinski definition) is 3. The van der Waals surface area contributed by atoms with Crippen LogP contribution in [0.2, 0.25) is 0 Å². The van der Waals surface area contributed by atoms with Crippen LogP contribution >= 0.6 is 0 Å². The number of nitrogens with one attached hydrogen (secondary N) is 1. The molecule has 0 spiro atoms. The Morgan fingerprint density at radius 3 is 3.00 bits per heavy atom. The van der Waals surface area contributed by atoms with E-state index in [2.05, 4.69) is 5.32 Å². The Hall–Kier alpha value is -1.51. The van der Waals surface area contributed by atoms with Crippen molar-refractivity contribution in [3.05, 3.63) is 35.9 Å². The molecule has 1 aromatic heterocycles. The molecular weight excluding hydrogens is 166 g/mol. The molecule has 0 unspecified atom stereocenters. The van der Waals surface area contributed by atoms with Crippen LogP contribution in [0.25, 0.3) is 0 Å². The van der Waals surface area contributed by atoms with Crippen molar-refractivity contribution in [2.24, 2.45) is 0 Å². The van der Waals surface area contributed by atoms with Gasteiger partial charge in [0.15, 0.2) is 5.78 Å². The lowest BCUT2D eigenvalue weighted by molar-refractivity contribution is -0.114. The third kappa shape index (κ3) is 1.99. The second kappa shape index (κ2) is 3.47. The first kappa shape index (κ1) is 8.10. The van der Waals surface area contributed by atoms with Crippen LogP contribution in [-0.4, -0.2) is 5.78 Å². The number of carbonyl (C=O) groups is 1. The van der Waals surface area contributed by atoms with Crippen molar-refractivity contribution in [2.45, 2.75) is 19.4 Å². The van der Waals surface area contributed by atoms with Gasteiger partial charge in [0.25, 0.3) is 0 Å². The number of carbonyl (C=O) groups excluding carboxylic acids is 1. The predicted octanol–water partition coefficient (Wildman–Crippen LogP) is 1.62. The van der Waals surface area contributed by atoms with Crippen LogP contribution in [0.1, 0.15) is 18.6 Å². The van der Waals surface area contributed by atoms with Crippen LogP contribution in [0.4, 0.5) is 0 Å². The van der Waals surface area contributed by atoms with E-state index in [1.54, 1.807) is 12.3 Å². The van der Waals surface area contributed by atoms with Gasteiger partial charge in [-0.15, -0.1) is 0 Å². The fraction of sp³-hybridized carbons (Fsp3) is 0.300. The lowest BCUT2D eigenvalue weighted by atomic mass is 10.3. The van der Waals surface area contributed by atoms with Crippen molar-refractivity contribution in [2.75, 3.05) is 0 Å². The maximum atomic E-state index is 10.9. The minimum atomic E-state index is 0.210. The molecule has 1 aromatic rings. The maximum Gasteiger partial charge on any atom is 0.157 e. The standard InChI is InChI=1S/C10H11NO2/c12-9-4-3-8(6-9)11-7-10-2-1-5-13-10/h1-2,5-6,11H,3-4,7H2. The zero-order chi connectivity index (χ0) is 9.10. The normalized spacial score (nSPS) is 16.0. The van der Waals surface area contributed by atoms with Crippen molar-refractivity contribution in [1.82, 2.24) is 5.32 Å². The topological polar surface area (TPSA) is 42.2 Å². The van der Waals surface area contributed by atoms with E-state index in [4.69, 9.17) is 4.42 Å². The molecule has 2 rings (SSSR count). The van der Waals surface area contributed by atoms with Crippen molar-refractivity contribution in [3.8, 4) is 0 Å². The van der Waals surface area contributed by atoms with E-state index in [1.165, 1.54) is 0 Å². The van der Waals surface area contributed by atoms with E-state index in [1.807, 2.05) is 12.1 Å². The zero-order valence-electron chi connectivity index (χ0n) is 7.25. The molecule has 0 radical (unpaired) electrons. The Kier molecular flexibility index (Phi) is 2.17. The van der Waals surface area contributed by atoms with Gasteiger partial charge in [-0.3, -0.25) is 4.79 Å². The molecule has 0 amide bonds. The van der Waals surface area contributed by atoms with Gasteiger partial charge in [0.2, 0.25) is 0 Å². The number of allylic oxidation sites excluding steroid dienone is 2. The molecule has 0 fully saturated rings. The van der Waals surface area contributed by atoms with Crippen LogP contribution in [-0.2, 0) is 11.3 Å². The highest BCUT2D eigenvalue weighted by Crippen LogP contribution is 2.12. The first-order valence-electron chi connectivity index (χ1n) is 4.34. The van der Waals surface area contributed by atoms with Crippen molar-refractivity contribution in [3.63, 3.8) is 0 Å². The van der Waals surface area contributed by atoms with Gasteiger partial charge in [0, 0.05) is 18.2 Å². The third-order valence-electron chi connectivity index (χ3n) is 2.05. The molecule has 0 saturated carbocycles. The molecular formula is C10H11NO2. The van der Waals surface area contributed by atoms with Crippen molar-refractivity contribution >= 4 is 5.78 Å². The van der Waals surface area contributed by atoms with Crippen molar-refractivity contribution < 1.29 is 9.21 Å². The van der Waals surface area contributed by atoms with Gasteiger partial charge in [-0.1, -0.05) is 0 Å². The summed E-state index contributed by atoms with van der Waals surface area (Å²) in [7, 11) is 0. The third-order valence-corrected chi connectivity index (χ3v) is 2.05. The summed E-state index contributed by atoms with van der Waals surface area (Å²) >= 11 is 0. The molecule has 1 aliphatic rings. The summed E-state index contributed by atoms with van der Waals surface area (Å²) in [5, 5.41) is 3.16. The lowest BCUT2D eigenvalue weighted by Gasteiger charge is -2.02. The average Bonchev–Trinajstić information content (AvgIpc) is 2.71. The largest absolute Gasteiger partial charge is 0.467 e. The Morgan fingerprint density at radius 1 is 1.46 bits per heavy atom. The number of hydrogen-bond donors (Lipinski definition) is 1. The first-order chi connectivity index (χ1) is 6.34. The fourth-order valence-corrected chi connectivity index (χ4v) is 1.35. The monoisotopic (exact) mass is 177 g/mol. The van der Waals surface area contributed by atoms with E-state index >= 15 is 0 Å². The molecule has 1 aliphatic carbocycles. The van der Waals surface area contributed by atoms with Crippen LogP contribution in [0.5, 0.6) is 0 Å². The quantitative estimate of drug-likeness (QED) is 0.762. The molecule has 0 aromatic carbocycles. The summed E-state index contributed by atoms with van der Waals surface area (Å²) in [6.45, 7) is 0.659. The molecule has 1 heterocycles. The van der Waals surface area contributed by atoms with Crippen LogP contribution in [0.15, 0.2) is 34.6 Å². The van der Waals surface area contributed by atoms with Gasteiger partial charge >= 0.3 is 0 Å². The highest BCUT2D eigenvalue weighted by molar-refractivity contribution is 5.92. The molecule has 0 bridgehead atoms. The van der Waals surface area contributed by atoms with E-state index in [9.17, 15) is 4.79 Å². The number of ketones is 1. The number of furan rings is 1. The Morgan fingerprint density at radius 2 is 2.38 bits per heavy atom. The highest BCUT2D eigenvalue weighted by atomic mass is 16.3. The van der Waals surface area contributed by atoms with Gasteiger partial charge < -0.3 is 9.73 Å². The van der Waals surface area contributed by atoms with Gasteiger partial charge in [-0.25, -0.2) is 0 Å². The van der Waals surface area contributed by atoms with Crippen LogP contribution in [0, 0.1) is 0 Å². The first-order valence-corrected chi connectivity index (χ1v) is 4.34. The summed E-state index contributed by atoms with van der Waals surface area (Å²) in [6.07, 6.45) is 4.79. The minimum absolute atomic E-state index is 0.210. The molecule has 0 saturated heterocycles. The highest BCUT2D eigenvalue weighted by Gasteiger charge is 2.11. The molecule has 3 nitrogen and oxygen atoms in total. The van der Waals surface area contributed by atoms with Gasteiger partial charge in [0.05, 0.1) is 12.8 Å². The zero-order valence-corrected chi connectivity index (χ0v) is 7.25. The Labute approximate surface area is 76.4 Å². The summed E-state index contributed by atoms with van der Waals surface area (Å²) in [4.78, 5) is 10.9. The second-order valence-corrected chi connectivity index (χ2v) is 3.07. The van der Waals surface area contributed by atoms with Crippen molar-refractivity contribution in [1.29, 1.82) is 0 Å². The van der Waals surface area contributed by atoms with Gasteiger partial charge in [0.1, 0.15) is 5.76 Å². The predicted molar refractivity (Wildman–Crippen MR) is 47.9 cm³/mol. The molecule has 13 heavy (non-hydrogen) atoms.